The number of piperazine rings is 1. The Morgan fingerprint density at radius 2 is 1.64 bits per heavy atom. The van der Waals surface area contributed by atoms with Crippen LogP contribution in [0, 0.1) is 6.92 Å². The number of nitrogens with zero attached hydrogens (tertiary/aromatic N) is 3. The molecule has 2 aliphatic heterocycles. The summed E-state index contributed by atoms with van der Waals surface area (Å²) >= 11 is 0. The average molecular weight is 560 g/mol. The van der Waals surface area contributed by atoms with Crippen molar-refractivity contribution in [3.05, 3.63) is 125 Å². The Kier molecular flexibility index (Phi) is 7.64. The third kappa shape index (κ3) is 5.72. The van der Waals surface area contributed by atoms with Crippen LogP contribution >= 0.6 is 0 Å². The predicted molar refractivity (Wildman–Crippen MR) is 165 cm³/mol. The molecule has 0 bridgehead atoms. The molecule has 0 unspecified atom stereocenters. The lowest BCUT2D eigenvalue weighted by atomic mass is 10.1. The van der Waals surface area contributed by atoms with Crippen molar-refractivity contribution >= 4 is 29.3 Å². The summed E-state index contributed by atoms with van der Waals surface area (Å²) in [5, 5.41) is 0. The average Bonchev–Trinajstić information content (AvgIpc) is 3.03. The van der Waals surface area contributed by atoms with E-state index in [2.05, 4.69) is 17.0 Å². The van der Waals surface area contributed by atoms with Crippen molar-refractivity contribution in [2.24, 2.45) is 0 Å². The Morgan fingerprint density at radius 3 is 2.40 bits per heavy atom. The summed E-state index contributed by atoms with van der Waals surface area (Å²) < 4.78 is 11.4. The molecule has 0 atom stereocenters. The van der Waals surface area contributed by atoms with Gasteiger partial charge in [0.25, 0.3) is 11.8 Å². The highest BCUT2D eigenvalue weighted by atomic mass is 16.5. The molecule has 2 aliphatic rings. The highest BCUT2D eigenvalue weighted by molar-refractivity contribution is 6.09. The molecule has 7 nitrogen and oxygen atoms in total. The molecule has 4 aromatic carbocycles. The first-order chi connectivity index (χ1) is 20.5. The van der Waals surface area contributed by atoms with Gasteiger partial charge < -0.3 is 19.3 Å². The Labute approximate surface area is 246 Å². The third-order valence-electron chi connectivity index (χ3n) is 7.70. The molecule has 0 N–H and O–H groups in total. The topological polar surface area (TPSA) is 62.3 Å². The van der Waals surface area contributed by atoms with Gasteiger partial charge in [0.2, 0.25) is 0 Å². The van der Waals surface area contributed by atoms with E-state index in [1.165, 1.54) is 0 Å². The van der Waals surface area contributed by atoms with Gasteiger partial charge in [0.05, 0.1) is 19.3 Å². The third-order valence-corrected chi connectivity index (χ3v) is 7.70. The molecule has 42 heavy (non-hydrogen) atoms. The van der Waals surface area contributed by atoms with E-state index in [4.69, 9.17) is 9.47 Å². The lowest BCUT2D eigenvalue weighted by molar-refractivity contribution is -0.117. The molecular formula is C35H33N3O4. The van der Waals surface area contributed by atoms with Gasteiger partial charge >= 0.3 is 0 Å². The maximum absolute atomic E-state index is 13.6. The first-order valence-electron chi connectivity index (χ1n) is 14.1. The second kappa shape index (κ2) is 11.8. The predicted octanol–water partition coefficient (Wildman–Crippen LogP) is 5.93. The number of hydrogen-bond donors (Lipinski definition) is 0. The van der Waals surface area contributed by atoms with Gasteiger partial charge in [0.15, 0.2) is 11.5 Å². The second-order valence-electron chi connectivity index (χ2n) is 10.6. The Morgan fingerprint density at radius 1 is 0.881 bits per heavy atom. The molecule has 0 aromatic heterocycles. The zero-order chi connectivity index (χ0) is 29.1. The van der Waals surface area contributed by atoms with Crippen LogP contribution in [0.1, 0.15) is 27.0 Å². The summed E-state index contributed by atoms with van der Waals surface area (Å²) in [6.07, 6.45) is 1.74. The number of methoxy groups -OCH3 is 1. The highest BCUT2D eigenvalue weighted by Gasteiger charge is 2.30. The Balaban J connectivity index is 1.15. The SMILES string of the molecule is COc1cccc(N2CCN(C(=O)c3ccc(C=C4Oc5ccccc5N(Cc5cccc(C)c5)C4=O)cc3)CC2)c1. The summed E-state index contributed by atoms with van der Waals surface area (Å²) in [5.41, 5.74) is 5.44. The van der Waals surface area contributed by atoms with Crippen LogP contribution in [0.15, 0.2) is 103 Å². The van der Waals surface area contributed by atoms with Crippen molar-refractivity contribution in [1.29, 1.82) is 0 Å². The van der Waals surface area contributed by atoms with Gasteiger partial charge in [0.1, 0.15) is 5.75 Å². The number of carbonyl (C=O) groups excluding carboxylic acids is 2. The molecule has 1 saturated heterocycles. The first kappa shape index (κ1) is 27.1. The number of carbonyl (C=O) groups is 2. The van der Waals surface area contributed by atoms with E-state index in [1.807, 2.05) is 96.8 Å². The number of hydrogen-bond acceptors (Lipinski definition) is 5. The Hall–Kier alpha value is -5.04. The maximum atomic E-state index is 13.6. The zero-order valence-electron chi connectivity index (χ0n) is 23.8. The second-order valence-corrected chi connectivity index (χ2v) is 10.6. The molecule has 2 amide bonds. The van der Waals surface area contributed by atoms with Crippen molar-refractivity contribution in [2.75, 3.05) is 43.1 Å². The number of rotatable bonds is 6. The van der Waals surface area contributed by atoms with Crippen LogP contribution in [0.4, 0.5) is 11.4 Å². The number of para-hydroxylation sites is 2. The van der Waals surface area contributed by atoms with Gasteiger partial charge in [-0.2, -0.15) is 0 Å². The van der Waals surface area contributed by atoms with Crippen molar-refractivity contribution < 1.29 is 19.1 Å². The molecule has 1 fully saturated rings. The van der Waals surface area contributed by atoms with E-state index in [0.29, 0.717) is 30.9 Å². The lowest BCUT2D eigenvalue weighted by Crippen LogP contribution is -2.48. The van der Waals surface area contributed by atoms with Crippen LogP contribution in [0.5, 0.6) is 11.5 Å². The molecule has 0 saturated carbocycles. The molecule has 2 heterocycles. The normalized spacial score (nSPS) is 15.8. The number of benzene rings is 4. The summed E-state index contributed by atoms with van der Waals surface area (Å²) in [4.78, 5) is 32.8. The van der Waals surface area contributed by atoms with E-state index in [9.17, 15) is 9.59 Å². The molecule has 4 aromatic rings. The van der Waals surface area contributed by atoms with Crippen LogP contribution in [-0.2, 0) is 11.3 Å². The maximum Gasteiger partial charge on any atom is 0.294 e. The largest absolute Gasteiger partial charge is 0.497 e. The van der Waals surface area contributed by atoms with Crippen LogP contribution in [-0.4, -0.2) is 50.0 Å². The number of fused-ring (bicyclic) bond motifs is 1. The fraction of sp³-hybridized carbons (Fsp3) is 0.200. The van der Waals surface area contributed by atoms with Gasteiger partial charge in [-0.25, -0.2) is 0 Å². The van der Waals surface area contributed by atoms with E-state index in [1.54, 1.807) is 18.1 Å². The number of aryl methyl sites for hydroxylation is 1. The quantitative estimate of drug-likeness (QED) is 0.274. The number of anilines is 2. The van der Waals surface area contributed by atoms with Crippen molar-refractivity contribution in [2.45, 2.75) is 13.5 Å². The van der Waals surface area contributed by atoms with Gasteiger partial charge in [-0.3, -0.25) is 14.5 Å². The lowest BCUT2D eigenvalue weighted by Gasteiger charge is -2.36. The monoisotopic (exact) mass is 559 g/mol. The first-order valence-corrected chi connectivity index (χ1v) is 14.1. The summed E-state index contributed by atoms with van der Waals surface area (Å²) in [7, 11) is 1.66. The molecule has 0 radical (unpaired) electrons. The van der Waals surface area contributed by atoms with E-state index < -0.39 is 0 Å². The van der Waals surface area contributed by atoms with Crippen LogP contribution < -0.4 is 19.3 Å². The van der Waals surface area contributed by atoms with Crippen LogP contribution in [0.2, 0.25) is 0 Å². The molecule has 7 heteroatoms. The number of ether oxygens (including phenoxy) is 2. The highest BCUT2D eigenvalue weighted by Crippen LogP contribution is 2.36. The molecular weight excluding hydrogens is 526 g/mol. The minimum absolute atomic E-state index is 0.00254. The fourth-order valence-electron chi connectivity index (χ4n) is 5.44. The molecule has 0 spiro atoms. The minimum atomic E-state index is -0.204. The Bertz CT molecular complexity index is 1640. The van der Waals surface area contributed by atoms with Gasteiger partial charge in [-0.15, -0.1) is 0 Å². The summed E-state index contributed by atoms with van der Waals surface area (Å²) in [6, 6.07) is 31.1. The van der Waals surface area contributed by atoms with Crippen molar-refractivity contribution in [3.63, 3.8) is 0 Å². The zero-order valence-corrected chi connectivity index (χ0v) is 23.8. The number of amides is 2. The van der Waals surface area contributed by atoms with Crippen LogP contribution in [0.3, 0.4) is 0 Å². The molecule has 6 rings (SSSR count). The van der Waals surface area contributed by atoms with Gasteiger partial charge in [-0.05, 0) is 60.5 Å². The summed E-state index contributed by atoms with van der Waals surface area (Å²) in [6.45, 7) is 5.27. The minimum Gasteiger partial charge on any atom is -0.497 e. The smallest absolute Gasteiger partial charge is 0.294 e. The standard InChI is InChI=1S/C35H33N3O4/c1-25-7-5-8-27(21-25)24-38-31-11-3-4-12-32(31)42-33(35(38)40)22-26-13-15-28(16-14-26)34(39)37-19-17-36(18-20-37)29-9-6-10-30(23-29)41-2/h3-16,21-23H,17-20,24H2,1-2H3. The van der Waals surface area contributed by atoms with Gasteiger partial charge in [-0.1, -0.05) is 60.2 Å². The summed E-state index contributed by atoms with van der Waals surface area (Å²) in [5.74, 6) is 1.50. The molecule has 0 aliphatic carbocycles. The molecule has 212 valence electrons. The van der Waals surface area contributed by atoms with E-state index in [-0.39, 0.29) is 17.6 Å². The van der Waals surface area contributed by atoms with E-state index >= 15 is 0 Å². The van der Waals surface area contributed by atoms with Crippen LogP contribution in [0.25, 0.3) is 6.08 Å². The fourth-order valence-corrected chi connectivity index (χ4v) is 5.44. The van der Waals surface area contributed by atoms with E-state index in [0.717, 1.165) is 46.9 Å². The van der Waals surface area contributed by atoms with Crippen molar-refractivity contribution in [1.82, 2.24) is 4.90 Å². The van der Waals surface area contributed by atoms with Crippen molar-refractivity contribution in [3.8, 4) is 11.5 Å². The van der Waals surface area contributed by atoms with Gasteiger partial charge in [0, 0.05) is 43.5 Å².